The average Bonchev–Trinajstić information content (AvgIpc) is 3.24. The van der Waals surface area contributed by atoms with Crippen LogP contribution in [0.3, 0.4) is 0 Å². The minimum atomic E-state index is -4.23. The van der Waals surface area contributed by atoms with Crippen LogP contribution < -0.4 is 9.62 Å². The molecule has 0 fully saturated rings. The number of benzene rings is 2. The highest BCUT2D eigenvalue weighted by atomic mass is 32.2. The van der Waals surface area contributed by atoms with Gasteiger partial charge in [0.2, 0.25) is 0 Å². The van der Waals surface area contributed by atoms with Gasteiger partial charge in [-0.2, -0.15) is 0 Å². The number of sulfonamides is 1. The summed E-state index contributed by atoms with van der Waals surface area (Å²) in [5.74, 6) is -0.864. The van der Waals surface area contributed by atoms with Crippen molar-refractivity contribution in [2.45, 2.75) is 17.9 Å². The molecule has 0 unspecified atom stereocenters. The van der Waals surface area contributed by atoms with Crippen LogP contribution in [0, 0.1) is 11.6 Å². The highest BCUT2D eigenvalue weighted by molar-refractivity contribution is 7.93. The predicted octanol–water partition coefficient (Wildman–Crippen LogP) is 3.68. The lowest BCUT2D eigenvalue weighted by Crippen LogP contribution is -2.39. The molecule has 3 heterocycles. The van der Waals surface area contributed by atoms with E-state index in [0.29, 0.717) is 28.2 Å². The number of imidazole rings is 1. The van der Waals surface area contributed by atoms with E-state index in [1.54, 1.807) is 13.0 Å². The molecule has 2 aromatic heterocycles. The van der Waals surface area contributed by atoms with Crippen molar-refractivity contribution >= 4 is 38.8 Å². The molecular formula is C21H16F2N6O2S. The van der Waals surface area contributed by atoms with Gasteiger partial charge in [-0.15, -0.1) is 0 Å². The first-order chi connectivity index (χ1) is 15.3. The lowest BCUT2D eigenvalue weighted by Gasteiger charge is -2.34. The van der Waals surface area contributed by atoms with Crippen LogP contribution >= 0.6 is 0 Å². The van der Waals surface area contributed by atoms with Gasteiger partial charge in [0.15, 0.2) is 11.5 Å². The van der Waals surface area contributed by atoms with E-state index in [-0.39, 0.29) is 10.6 Å². The summed E-state index contributed by atoms with van der Waals surface area (Å²) in [5.41, 5.74) is 1.73. The van der Waals surface area contributed by atoms with Crippen LogP contribution in [0.25, 0.3) is 17.2 Å². The van der Waals surface area contributed by atoms with Gasteiger partial charge in [-0.25, -0.2) is 36.5 Å². The maximum atomic E-state index is 14.0. The van der Waals surface area contributed by atoms with E-state index in [0.717, 1.165) is 16.4 Å². The molecule has 0 bridgehead atoms. The number of nitrogens with one attached hydrogen (secondary N) is 2. The van der Waals surface area contributed by atoms with Crippen molar-refractivity contribution in [2.75, 3.05) is 9.62 Å². The molecule has 1 aliphatic rings. The molecule has 2 aromatic carbocycles. The molecule has 4 aromatic rings. The quantitative estimate of drug-likeness (QED) is 0.488. The van der Waals surface area contributed by atoms with Crippen molar-refractivity contribution in [3.05, 3.63) is 78.0 Å². The Morgan fingerprint density at radius 2 is 1.88 bits per heavy atom. The molecule has 2 N–H and O–H groups in total. The number of nitrogens with zero attached hydrogens (tertiary/aromatic N) is 4. The van der Waals surface area contributed by atoms with E-state index < -0.39 is 27.7 Å². The Kier molecular flexibility index (Phi) is 4.63. The minimum absolute atomic E-state index is 0.0918. The highest BCUT2D eigenvalue weighted by Crippen LogP contribution is 2.37. The number of hydrogen-bond donors (Lipinski definition) is 2. The number of H-pyrrole nitrogens is 1. The molecule has 32 heavy (non-hydrogen) atoms. The first-order valence-corrected chi connectivity index (χ1v) is 11.0. The van der Waals surface area contributed by atoms with Gasteiger partial charge in [0.1, 0.15) is 23.5 Å². The zero-order valence-corrected chi connectivity index (χ0v) is 17.4. The average molecular weight is 454 g/mol. The van der Waals surface area contributed by atoms with E-state index in [2.05, 4.69) is 25.3 Å². The molecule has 0 radical (unpaired) electrons. The lowest BCUT2D eigenvalue weighted by molar-refractivity contribution is 0.586. The summed E-state index contributed by atoms with van der Waals surface area (Å²) >= 11 is 0. The zero-order valence-electron chi connectivity index (χ0n) is 16.6. The normalized spacial score (nSPS) is 15.8. The summed E-state index contributed by atoms with van der Waals surface area (Å²) in [4.78, 5) is 15.1. The second-order valence-electron chi connectivity index (χ2n) is 7.19. The Labute approximate surface area is 181 Å². The van der Waals surface area contributed by atoms with Gasteiger partial charge in [-0.05, 0) is 48.9 Å². The molecule has 0 saturated heterocycles. The van der Waals surface area contributed by atoms with Gasteiger partial charge in [-0.1, -0.05) is 12.1 Å². The van der Waals surface area contributed by atoms with Crippen LogP contribution in [0.4, 0.5) is 20.3 Å². The van der Waals surface area contributed by atoms with Crippen LogP contribution in [-0.2, 0) is 10.0 Å². The van der Waals surface area contributed by atoms with Gasteiger partial charge in [-0.3, -0.25) is 0 Å². The predicted molar refractivity (Wildman–Crippen MR) is 115 cm³/mol. The van der Waals surface area contributed by atoms with Crippen LogP contribution in [-0.4, -0.2) is 34.4 Å². The number of rotatable bonds is 4. The first-order valence-electron chi connectivity index (χ1n) is 9.57. The molecule has 162 valence electrons. The van der Waals surface area contributed by atoms with Crippen molar-refractivity contribution < 1.29 is 17.2 Å². The smallest absolute Gasteiger partial charge is 0.269 e. The molecule has 0 aliphatic carbocycles. The number of halogens is 2. The van der Waals surface area contributed by atoms with Crippen molar-refractivity contribution in [3.8, 4) is 0 Å². The third-order valence-corrected chi connectivity index (χ3v) is 6.91. The fraction of sp³-hybridized carbons (Fsp3) is 0.0952. The summed E-state index contributed by atoms with van der Waals surface area (Å²) in [7, 11) is -4.23. The van der Waals surface area contributed by atoms with Crippen LogP contribution in [0.1, 0.15) is 12.5 Å². The number of fused-ring (bicyclic) bond motifs is 2. The largest absolute Gasteiger partial charge is 0.360 e. The Morgan fingerprint density at radius 3 is 2.69 bits per heavy atom. The van der Waals surface area contributed by atoms with Crippen molar-refractivity contribution in [1.82, 2.24) is 19.9 Å². The lowest BCUT2D eigenvalue weighted by atomic mass is 10.1. The van der Waals surface area contributed by atoms with Gasteiger partial charge in [0, 0.05) is 0 Å². The van der Waals surface area contributed by atoms with E-state index in [9.17, 15) is 17.2 Å². The minimum Gasteiger partial charge on any atom is -0.360 e. The third kappa shape index (κ3) is 3.26. The molecule has 0 saturated carbocycles. The molecule has 0 spiro atoms. The molecule has 11 heteroatoms. The molecule has 1 aliphatic heterocycles. The second-order valence-corrected chi connectivity index (χ2v) is 8.95. The maximum absolute atomic E-state index is 14.0. The third-order valence-electron chi connectivity index (χ3n) is 5.09. The van der Waals surface area contributed by atoms with Gasteiger partial charge in [0.05, 0.1) is 28.6 Å². The maximum Gasteiger partial charge on any atom is 0.269 e. The monoisotopic (exact) mass is 454 g/mol. The topological polar surface area (TPSA) is 104 Å². The second kappa shape index (κ2) is 7.38. The number of aromatic nitrogens is 4. The molecule has 0 amide bonds. The Hall–Kier alpha value is -3.86. The standard InChI is InChI=1S/C21H16F2N6O2S/c1-12(28-21-19-20(25-10-24-19)26-11-27-21)17-7-13-5-6-15(23)9-18(13)32(30,31)29(17)16-4-2-3-14(22)8-16/h2-12H,1H3,(H2,24,25,26,27,28)/t12-/m0/s1. The van der Waals surface area contributed by atoms with Crippen molar-refractivity contribution in [2.24, 2.45) is 0 Å². The van der Waals surface area contributed by atoms with Crippen molar-refractivity contribution in [1.29, 1.82) is 0 Å². The summed E-state index contributed by atoms with van der Waals surface area (Å²) in [6, 6.07) is 8.16. The number of anilines is 2. The molecule has 5 rings (SSSR count). The Morgan fingerprint density at radius 1 is 1.06 bits per heavy atom. The SMILES string of the molecule is C[C@H](Nc1ncnc2nc[nH]c12)C1=Cc2ccc(F)cc2S(=O)(=O)N1c1cccc(F)c1. The zero-order chi connectivity index (χ0) is 22.5. The van der Waals surface area contributed by atoms with Crippen molar-refractivity contribution in [3.63, 3.8) is 0 Å². The summed E-state index contributed by atoms with van der Waals surface area (Å²) < 4.78 is 56.0. The van der Waals surface area contributed by atoms with E-state index >= 15 is 0 Å². The summed E-state index contributed by atoms with van der Waals surface area (Å²) in [6.07, 6.45) is 4.44. The molecular weight excluding hydrogens is 438 g/mol. The highest BCUT2D eigenvalue weighted by Gasteiger charge is 2.36. The van der Waals surface area contributed by atoms with E-state index in [4.69, 9.17) is 0 Å². The Balaban J connectivity index is 1.66. The van der Waals surface area contributed by atoms with E-state index in [1.165, 1.54) is 43.0 Å². The fourth-order valence-corrected chi connectivity index (χ4v) is 5.41. The number of aromatic amines is 1. The Bertz CT molecular complexity index is 1480. The molecule has 8 nitrogen and oxygen atoms in total. The van der Waals surface area contributed by atoms with Crippen LogP contribution in [0.5, 0.6) is 0 Å². The number of hydrogen-bond acceptors (Lipinski definition) is 6. The summed E-state index contributed by atoms with van der Waals surface area (Å²) in [5, 5.41) is 3.17. The van der Waals surface area contributed by atoms with Gasteiger partial charge < -0.3 is 10.3 Å². The van der Waals surface area contributed by atoms with Gasteiger partial charge >= 0.3 is 0 Å². The van der Waals surface area contributed by atoms with Gasteiger partial charge in [0.25, 0.3) is 10.0 Å². The van der Waals surface area contributed by atoms with Crippen LogP contribution in [0.2, 0.25) is 0 Å². The first kappa shape index (κ1) is 20.1. The van der Waals surface area contributed by atoms with E-state index in [1.807, 2.05) is 0 Å². The summed E-state index contributed by atoms with van der Waals surface area (Å²) in [6.45, 7) is 1.74. The fourth-order valence-electron chi connectivity index (χ4n) is 3.65. The van der Waals surface area contributed by atoms with Crippen LogP contribution in [0.15, 0.2) is 65.7 Å². The molecule has 1 atom stereocenters.